The molecule has 4 heteroatoms. The molecule has 0 radical (unpaired) electrons. The van der Waals surface area contributed by atoms with Crippen LogP contribution in [0.4, 0.5) is 0 Å². The first-order valence-electron chi connectivity index (χ1n) is 7.16. The summed E-state index contributed by atoms with van der Waals surface area (Å²) in [6, 6.07) is 3.25. The molecule has 4 rings (SSSR count). The van der Waals surface area contributed by atoms with Crippen molar-refractivity contribution in [3.05, 3.63) is 29.2 Å². The normalized spacial score (nSPS) is 25.8. The first-order valence-corrected chi connectivity index (χ1v) is 7.16. The molecule has 0 aliphatic carbocycles. The van der Waals surface area contributed by atoms with Gasteiger partial charge in [0.1, 0.15) is 0 Å². The van der Waals surface area contributed by atoms with E-state index in [1.54, 1.807) is 0 Å². The summed E-state index contributed by atoms with van der Waals surface area (Å²) in [7, 11) is 0. The molecule has 2 aromatic rings. The van der Waals surface area contributed by atoms with Crippen molar-refractivity contribution in [1.82, 2.24) is 19.9 Å². The van der Waals surface area contributed by atoms with E-state index in [1.165, 1.54) is 24.1 Å². The van der Waals surface area contributed by atoms with Crippen molar-refractivity contribution < 1.29 is 0 Å². The maximum absolute atomic E-state index is 4.82. The van der Waals surface area contributed by atoms with Crippen LogP contribution in [0.25, 0.3) is 5.65 Å². The summed E-state index contributed by atoms with van der Waals surface area (Å²) >= 11 is 0. The third-order valence-electron chi connectivity index (χ3n) is 4.44. The predicted molar refractivity (Wildman–Crippen MR) is 74.3 cm³/mol. The summed E-state index contributed by atoms with van der Waals surface area (Å²) in [6.07, 6.45) is 5.64. The fourth-order valence-electron chi connectivity index (χ4n) is 3.31. The van der Waals surface area contributed by atoms with Gasteiger partial charge < -0.3 is 5.32 Å². The van der Waals surface area contributed by atoms with Crippen LogP contribution < -0.4 is 5.32 Å². The Kier molecular flexibility index (Phi) is 2.14. The quantitative estimate of drug-likeness (QED) is 0.787. The van der Waals surface area contributed by atoms with Gasteiger partial charge in [0.25, 0.3) is 0 Å². The lowest BCUT2D eigenvalue weighted by atomic mass is 9.93. The molecule has 0 aromatic carbocycles. The Morgan fingerprint density at radius 3 is 2.95 bits per heavy atom. The van der Waals surface area contributed by atoms with Gasteiger partial charge in [-0.2, -0.15) is 5.10 Å². The summed E-state index contributed by atoms with van der Waals surface area (Å²) in [5, 5.41) is 8.49. The number of fused-ring (bicyclic) bond motifs is 6. The van der Waals surface area contributed by atoms with Gasteiger partial charge in [0.2, 0.25) is 0 Å². The number of nitrogens with one attached hydrogen (secondary N) is 1. The summed E-state index contributed by atoms with van der Waals surface area (Å²) in [5.41, 5.74) is 4.91. The van der Waals surface area contributed by atoms with Gasteiger partial charge >= 0.3 is 0 Å². The average molecular weight is 256 g/mol. The van der Waals surface area contributed by atoms with Gasteiger partial charge in [-0.05, 0) is 12.8 Å². The fourth-order valence-corrected chi connectivity index (χ4v) is 3.31. The average Bonchev–Trinajstić information content (AvgIpc) is 2.93. The van der Waals surface area contributed by atoms with Crippen LogP contribution in [0.1, 0.15) is 56.6 Å². The topological polar surface area (TPSA) is 42.2 Å². The Balaban J connectivity index is 1.94. The van der Waals surface area contributed by atoms with E-state index in [2.05, 4.69) is 47.9 Å². The molecule has 0 spiro atoms. The molecule has 1 N–H and O–H groups in total. The van der Waals surface area contributed by atoms with E-state index in [-0.39, 0.29) is 5.41 Å². The minimum absolute atomic E-state index is 0.0759. The standard InChI is InChI=1S/C15H20N4/c1-15(2,3)13-7-14-16-8-10-11-5-4-9(17-11)6-12(10)19(14)18-13/h7-9,11,17H,4-6H2,1-3H3/t9-,11-/m0/s1. The van der Waals surface area contributed by atoms with Gasteiger partial charge in [0.05, 0.1) is 11.4 Å². The molecule has 4 heterocycles. The van der Waals surface area contributed by atoms with E-state index in [0.29, 0.717) is 12.1 Å². The van der Waals surface area contributed by atoms with Crippen molar-refractivity contribution in [3.63, 3.8) is 0 Å². The highest BCUT2D eigenvalue weighted by Crippen LogP contribution is 2.35. The van der Waals surface area contributed by atoms with E-state index in [1.807, 2.05) is 0 Å². The van der Waals surface area contributed by atoms with Crippen LogP contribution in [-0.2, 0) is 11.8 Å². The minimum Gasteiger partial charge on any atom is -0.307 e. The summed E-state index contributed by atoms with van der Waals surface area (Å²) < 4.78 is 2.09. The summed E-state index contributed by atoms with van der Waals surface area (Å²) in [6.45, 7) is 6.60. The smallest absolute Gasteiger partial charge is 0.155 e. The molecule has 2 aliphatic rings. The van der Waals surface area contributed by atoms with Gasteiger partial charge in [-0.1, -0.05) is 20.8 Å². The highest BCUT2D eigenvalue weighted by molar-refractivity contribution is 5.45. The van der Waals surface area contributed by atoms with Crippen LogP contribution in [0.3, 0.4) is 0 Å². The minimum atomic E-state index is 0.0759. The molecule has 1 saturated heterocycles. The zero-order valence-electron chi connectivity index (χ0n) is 11.8. The van der Waals surface area contributed by atoms with Crippen LogP contribution in [0, 0.1) is 0 Å². The molecule has 2 bridgehead atoms. The maximum atomic E-state index is 4.82. The predicted octanol–water partition coefficient (Wildman–Crippen LogP) is 2.38. The largest absolute Gasteiger partial charge is 0.307 e. The number of rotatable bonds is 0. The molecule has 2 aliphatic heterocycles. The van der Waals surface area contributed by atoms with E-state index in [4.69, 9.17) is 5.10 Å². The molecule has 4 nitrogen and oxygen atoms in total. The Bertz CT molecular complexity index is 650. The molecule has 2 aromatic heterocycles. The number of nitrogens with zero attached hydrogens (tertiary/aromatic N) is 3. The second-order valence-corrected chi connectivity index (χ2v) is 6.91. The van der Waals surface area contributed by atoms with Gasteiger partial charge in [0.15, 0.2) is 5.65 Å². The Morgan fingerprint density at radius 2 is 2.16 bits per heavy atom. The Hall–Kier alpha value is -1.42. The molecule has 19 heavy (non-hydrogen) atoms. The lowest BCUT2D eigenvalue weighted by Gasteiger charge is -2.24. The van der Waals surface area contributed by atoms with Crippen LogP contribution in [0.15, 0.2) is 12.3 Å². The van der Waals surface area contributed by atoms with Crippen LogP contribution in [-0.4, -0.2) is 20.6 Å². The first-order chi connectivity index (χ1) is 9.02. The van der Waals surface area contributed by atoms with Crippen molar-refractivity contribution in [2.45, 2.75) is 57.5 Å². The van der Waals surface area contributed by atoms with Gasteiger partial charge in [-0.25, -0.2) is 9.50 Å². The maximum Gasteiger partial charge on any atom is 0.155 e. The van der Waals surface area contributed by atoms with Gasteiger partial charge in [-0.3, -0.25) is 0 Å². The second-order valence-electron chi connectivity index (χ2n) is 6.91. The Morgan fingerprint density at radius 1 is 1.32 bits per heavy atom. The van der Waals surface area contributed by atoms with Crippen molar-refractivity contribution in [1.29, 1.82) is 0 Å². The number of hydrogen-bond donors (Lipinski definition) is 1. The summed E-state index contributed by atoms with van der Waals surface area (Å²) in [4.78, 5) is 4.61. The highest BCUT2D eigenvalue weighted by atomic mass is 15.3. The second kappa shape index (κ2) is 3.57. The molecule has 0 unspecified atom stereocenters. The SMILES string of the molecule is CC(C)(C)c1cc2ncc3c(n2n1)C[C@@H]1CC[C@@H]3N1. The van der Waals surface area contributed by atoms with E-state index in [9.17, 15) is 0 Å². The molecule has 0 amide bonds. The monoisotopic (exact) mass is 256 g/mol. The first kappa shape index (κ1) is 11.4. The molecule has 2 atom stereocenters. The number of hydrogen-bond acceptors (Lipinski definition) is 3. The lowest BCUT2D eigenvalue weighted by molar-refractivity contribution is 0.492. The number of aromatic nitrogens is 3. The third-order valence-corrected chi connectivity index (χ3v) is 4.44. The Labute approximate surface area is 113 Å². The molecule has 1 fully saturated rings. The molecule has 0 saturated carbocycles. The van der Waals surface area contributed by atoms with E-state index >= 15 is 0 Å². The highest BCUT2D eigenvalue weighted by Gasteiger charge is 2.34. The lowest BCUT2D eigenvalue weighted by Crippen LogP contribution is -2.33. The molecular formula is C15H20N4. The summed E-state index contributed by atoms with van der Waals surface area (Å²) in [5.74, 6) is 0. The fraction of sp³-hybridized carbons (Fsp3) is 0.600. The van der Waals surface area contributed by atoms with Crippen LogP contribution in [0.2, 0.25) is 0 Å². The van der Waals surface area contributed by atoms with Crippen molar-refractivity contribution in [2.75, 3.05) is 0 Å². The van der Waals surface area contributed by atoms with Crippen molar-refractivity contribution in [2.24, 2.45) is 0 Å². The van der Waals surface area contributed by atoms with E-state index < -0.39 is 0 Å². The molecular weight excluding hydrogens is 236 g/mol. The molecule has 100 valence electrons. The third kappa shape index (κ3) is 1.62. The van der Waals surface area contributed by atoms with Crippen LogP contribution >= 0.6 is 0 Å². The van der Waals surface area contributed by atoms with Crippen LogP contribution in [0.5, 0.6) is 0 Å². The zero-order valence-corrected chi connectivity index (χ0v) is 11.8. The van der Waals surface area contributed by atoms with Crippen molar-refractivity contribution in [3.8, 4) is 0 Å². The zero-order chi connectivity index (χ0) is 13.2. The van der Waals surface area contributed by atoms with Gasteiger partial charge in [0, 0.05) is 41.7 Å². The van der Waals surface area contributed by atoms with Crippen molar-refractivity contribution >= 4 is 5.65 Å². The van der Waals surface area contributed by atoms with E-state index in [0.717, 1.165) is 17.8 Å². The van der Waals surface area contributed by atoms with Gasteiger partial charge in [-0.15, -0.1) is 0 Å².